The van der Waals surface area contributed by atoms with E-state index in [-0.39, 0.29) is 11.1 Å². The second-order valence-electron chi connectivity index (χ2n) is 7.31. The first kappa shape index (κ1) is 19.3. The smallest absolute Gasteiger partial charge is 0.369 e. The molecule has 19 heavy (non-hydrogen) atoms. The van der Waals surface area contributed by atoms with Gasteiger partial charge in [-0.1, -0.05) is 58.0 Å². The molecule has 0 radical (unpaired) electrons. The van der Waals surface area contributed by atoms with Crippen LogP contribution in [0.1, 0.15) is 53.4 Å². The minimum absolute atomic E-state index is 0.169. The van der Waals surface area contributed by atoms with Gasteiger partial charge in [-0.2, -0.15) is 0 Å². The molecule has 0 saturated carbocycles. The van der Waals surface area contributed by atoms with Crippen LogP contribution in [-0.2, 0) is 4.43 Å². The largest absolute Gasteiger partial charge is 0.403 e. The van der Waals surface area contributed by atoms with E-state index in [1.807, 2.05) is 0 Å². The summed E-state index contributed by atoms with van der Waals surface area (Å²) in [5.41, 5.74) is 0. The molecule has 0 aliphatic carbocycles. The third kappa shape index (κ3) is 8.21. The van der Waals surface area contributed by atoms with E-state index < -0.39 is 22.5 Å². The molecule has 0 aromatic rings. The highest BCUT2D eigenvalue weighted by Gasteiger charge is 2.38. The van der Waals surface area contributed by atoms with Crippen LogP contribution in [-0.4, -0.2) is 28.6 Å². The highest BCUT2D eigenvalue weighted by molar-refractivity contribution is 6.74. The SMILES string of the molecule is CCCCCC(C#[C][Al]([CH3])[CH3])O[Si](C)(C)C(C)(C)C. The van der Waals surface area contributed by atoms with E-state index in [1.165, 1.54) is 19.3 Å². The van der Waals surface area contributed by atoms with E-state index in [1.54, 1.807) is 0 Å². The zero-order valence-corrected chi connectivity index (χ0v) is 16.5. The van der Waals surface area contributed by atoms with Crippen molar-refractivity contribution in [2.45, 2.75) is 89.2 Å². The second-order valence-corrected chi connectivity index (χ2v) is 14.7. The van der Waals surface area contributed by atoms with Crippen molar-refractivity contribution in [2.24, 2.45) is 0 Å². The molecule has 0 N–H and O–H groups in total. The van der Waals surface area contributed by atoms with Gasteiger partial charge in [0.1, 0.15) is 6.10 Å². The lowest BCUT2D eigenvalue weighted by Gasteiger charge is -2.38. The lowest BCUT2D eigenvalue weighted by molar-refractivity contribution is 0.219. The van der Waals surface area contributed by atoms with Gasteiger partial charge < -0.3 is 4.43 Å². The van der Waals surface area contributed by atoms with Gasteiger partial charge in [0.25, 0.3) is 0 Å². The molecule has 1 nitrogen and oxygen atoms in total. The first-order valence-electron chi connectivity index (χ1n) is 7.79. The van der Waals surface area contributed by atoms with Gasteiger partial charge in [0.15, 0.2) is 8.32 Å². The van der Waals surface area contributed by atoms with Gasteiger partial charge in [-0.15, -0.1) is 0 Å². The quantitative estimate of drug-likeness (QED) is 0.369. The fraction of sp³-hybridized carbons (Fsp3) is 0.875. The van der Waals surface area contributed by atoms with Crippen LogP contribution in [0, 0.1) is 10.7 Å². The Morgan fingerprint density at radius 3 is 2.16 bits per heavy atom. The fourth-order valence-corrected chi connectivity index (χ4v) is 3.29. The summed E-state index contributed by atoms with van der Waals surface area (Å²) in [7, 11) is -1.69. The Balaban J connectivity index is 4.72. The Labute approximate surface area is 127 Å². The van der Waals surface area contributed by atoms with E-state index in [0.29, 0.717) is 0 Å². The lowest BCUT2D eigenvalue weighted by atomic mass is 10.1. The van der Waals surface area contributed by atoms with Gasteiger partial charge in [0.2, 0.25) is 0 Å². The molecule has 0 aliphatic rings. The van der Waals surface area contributed by atoms with Crippen molar-refractivity contribution in [3.63, 3.8) is 0 Å². The van der Waals surface area contributed by atoms with Crippen molar-refractivity contribution >= 4 is 22.5 Å². The average molecular weight is 297 g/mol. The van der Waals surface area contributed by atoms with Crippen molar-refractivity contribution < 1.29 is 4.43 Å². The Hall–Kier alpha value is 0.269. The molecule has 110 valence electrons. The first-order valence-corrected chi connectivity index (χ1v) is 13.6. The second kappa shape index (κ2) is 8.53. The highest BCUT2D eigenvalue weighted by Crippen LogP contribution is 2.37. The topological polar surface area (TPSA) is 9.23 Å². The van der Waals surface area contributed by atoms with Crippen molar-refractivity contribution in [1.82, 2.24) is 0 Å². The number of rotatable bonds is 6. The predicted molar refractivity (Wildman–Crippen MR) is 91.5 cm³/mol. The first-order chi connectivity index (χ1) is 8.60. The van der Waals surface area contributed by atoms with Crippen LogP contribution in [0.15, 0.2) is 0 Å². The molecule has 1 atom stereocenters. The van der Waals surface area contributed by atoms with E-state index in [9.17, 15) is 0 Å². The summed E-state index contributed by atoms with van der Waals surface area (Å²) in [4.78, 5) is 3.43. The molecule has 0 aromatic carbocycles. The minimum atomic E-state index is -1.69. The summed E-state index contributed by atoms with van der Waals surface area (Å²) in [5.74, 6) is 7.99. The molecule has 0 saturated heterocycles. The Bertz CT molecular complexity index is 307. The summed E-state index contributed by atoms with van der Waals surface area (Å²) in [5, 5.41) is 0.271. The molecule has 0 fully saturated rings. The summed E-state index contributed by atoms with van der Waals surface area (Å²) in [6, 6.07) is 0. The van der Waals surface area contributed by atoms with E-state index in [2.05, 4.69) is 63.1 Å². The van der Waals surface area contributed by atoms with Crippen molar-refractivity contribution in [1.29, 1.82) is 0 Å². The van der Waals surface area contributed by atoms with Crippen LogP contribution in [0.5, 0.6) is 0 Å². The van der Waals surface area contributed by atoms with Gasteiger partial charge in [-0.3, -0.25) is 0 Å². The molecule has 0 spiro atoms. The molecule has 0 aromatic heterocycles. The summed E-state index contributed by atoms with van der Waals surface area (Å²) in [6.45, 7) is 13.8. The van der Waals surface area contributed by atoms with Crippen LogP contribution < -0.4 is 0 Å². The summed E-state index contributed by atoms with van der Waals surface area (Å²) in [6.07, 6.45) is 5.07. The number of unbranched alkanes of at least 4 members (excludes halogenated alkanes) is 2. The van der Waals surface area contributed by atoms with Crippen molar-refractivity contribution in [2.75, 3.05) is 0 Å². The minimum Gasteiger partial charge on any atom is -0.403 e. The van der Waals surface area contributed by atoms with Crippen LogP contribution in [0.4, 0.5) is 0 Å². The Morgan fingerprint density at radius 1 is 1.16 bits per heavy atom. The third-order valence-corrected chi connectivity index (χ3v) is 9.08. The average Bonchev–Trinajstić information content (AvgIpc) is 2.24. The standard InChI is InChI=1S/C14H27OSi.2CH3.Al/c1-8-10-11-12-13(9-2)15-16(6,7)14(3,4)5;;;/h13H,8,10-12H2,1,3-7H3;2*1H3;. The van der Waals surface area contributed by atoms with E-state index in [4.69, 9.17) is 4.43 Å². The molecule has 0 bridgehead atoms. The lowest BCUT2D eigenvalue weighted by Crippen LogP contribution is -2.43. The van der Waals surface area contributed by atoms with Gasteiger partial charge in [-0.05, 0) is 31.0 Å². The maximum atomic E-state index is 6.49. The molecule has 0 aliphatic heterocycles. The molecule has 3 heteroatoms. The van der Waals surface area contributed by atoms with Crippen molar-refractivity contribution in [3.05, 3.63) is 0 Å². The normalized spacial score (nSPS) is 13.7. The third-order valence-electron chi connectivity index (χ3n) is 3.85. The van der Waals surface area contributed by atoms with Crippen LogP contribution in [0.25, 0.3) is 0 Å². The van der Waals surface area contributed by atoms with Crippen molar-refractivity contribution in [3.8, 4) is 10.7 Å². The molecule has 0 heterocycles. The van der Waals surface area contributed by atoms with Crippen LogP contribution in [0.2, 0.25) is 29.7 Å². The van der Waals surface area contributed by atoms with E-state index in [0.717, 1.165) is 6.42 Å². The Kier molecular flexibility index (Phi) is 8.65. The summed E-state index contributed by atoms with van der Waals surface area (Å²) < 4.78 is 6.49. The molecule has 0 amide bonds. The zero-order valence-electron chi connectivity index (χ0n) is 14.4. The monoisotopic (exact) mass is 296 g/mol. The zero-order chi connectivity index (χ0) is 15.1. The van der Waals surface area contributed by atoms with Crippen LogP contribution >= 0.6 is 0 Å². The molecule has 0 rings (SSSR count). The van der Waals surface area contributed by atoms with Gasteiger partial charge >= 0.3 is 14.1 Å². The van der Waals surface area contributed by atoms with Gasteiger partial charge in [-0.25, -0.2) is 4.78 Å². The number of hydrogen-bond donors (Lipinski definition) is 0. The van der Waals surface area contributed by atoms with Gasteiger partial charge in [0, 0.05) is 0 Å². The van der Waals surface area contributed by atoms with E-state index >= 15 is 0 Å². The summed E-state index contributed by atoms with van der Waals surface area (Å²) >= 11 is -0.803. The predicted octanol–water partition coefficient (Wildman–Crippen LogP) is 5.25. The molecular weight excluding hydrogens is 263 g/mol. The van der Waals surface area contributed by atoms with Gasteiger partial charge in [0.05, 0.1) is 0 Å². The Morgan fingerprint density at radius 2 is 1.74 bits per heavy atom. The van der Waals surface area contributed by atoms with Crippen LogP contribution in [0.3, 0.4) is 0 Å². The maximum Gasteiger partial charge on any atom is 0.369 e. The maximum absolute atomic E-state index is 6.49. The number of hydrogen-bond acceptors (Lipinski definition) is 1. The molecular formula is C16H33AlOSi. The molecule has 1 unspecified atom stereocenters. The highest BCUT2D eigenvalue weighted by atomic mass is 28.4. The fourth-order valence-electron chi connectivity index (χ4n) is 1.53.